The van der Waals surface area contributed by atoms with Crippen LogP contribution in [0.4, 0.5) is 5.69 Å². The Morgan fingerprint density at radius 3 is 2.68 bits per heavy atom. The van der Waals surface area contributed by atoms with Crippen molar-refractivity contribution >= 4 is 34.2 Å². The Balaban J connectivity index is 1.62. The summed E-state index contributed by atoms with van der Waals surface area (Å²) in [5.74, 6) is 0.776. The summed E-state index contributed by atoms with van der Waals surface area (Å²) in [5, 5.41) is 5.90. The van der Waals surface area contributed by atoms with Gasteiger partial charge in [0.1, 0.15) is 12.4 Å². The van der Waals surface area contributed by atoms with E-state index < -0.39 is 0 Å². The fraction of sp³-hybridized carbons (Fsp3) is 0.235. The molecule has 0 saturated carbocycles. The maximum absolute atomic E-state index is 11.7. The van der Waals surface area contributed by atoms with Crippen molar-refractivity contribution in [2.24, 2.45) is 0 Å². The maximum Gasteiger partial charge on any atom is 0.239 e. The summed E-state index contributed by atoms with van der Waals surface area (Å²) in [6.45, 7) is 3.22. The van der Waals surface area contributed by atoms with Gasteiger partial charge in [0.15, 0.2) is 0 Å². The highest BCUT2D eigenvalue weighted by atomic mass is 127. The Hall–Kier alpha value is -1.76. The van der Waals surface area contributed by atoms with Crippen LogP contribution in [0, 0.1) is 10.5 Å². The Morgan fingerprint density at radius 2 is 1.95 bits per heavy atom. The summed E-state index contributed by atoms with van der Waals surface area (Å²) >= 11 is 2.25. The summed E-state index contributed by atoms with van der Waals surface area (Å²) in [6.07, 6.45) is 0. The Kier molecular flexibility index (Phi) is 6.51. The molecule has 0 atom stereocenters. The lowest BCUT2D eigenvalue weighted by Crippen LogP contribution is -2.33. The largest absolute Gasteiger partial charge is 0.492 e. The number of hydrogen-bond donors (Lipinski definition) is 2. The van der Waals surface area contributed by atoms with E-state index in [1.807, 2.05) is 55.5 Å². The summed E-state index contributed by atoms with van der Waals surface area (Å²) < 4.78 is 6.74. The smallest absolute Gasteiger partial charge is 0.239 e. The number of ether oxygens (including phenoxy) is 1. The van der Waals surface area contributed by atoms with Crippen LogP contribution in [-0.2, 0) is 4.79 Å². The molecule has 0 bridgehead atoms. The molecule has 0 spiro atoms. The van der Waals surface area contributed by atoms with Crippen molar-refractivity contribution in [3.05, 3.63) is 57.7 Å². The zero-order valence-corrected chi connectivity index (χ0v) is 14.6. The van der Waals surface area contributed by atoms with Crippen LogP contribution in [0.1, 0.15) is 5.56 Å². The van der Waals surface area contributed by atoms with Gasteiger partial charge in [-0.25, -0.2) is 0 Å². The highest BCUT2D eigenvalue weighted by Gasteiger charge is 2.01. The zero-order chi connectivity index (χ0) is 15.8. The second-order valence-corrected chi connectivity index (χ2v) is 6.12. The molecule has 0 aromatic heterocycles. The van der Waals surface area contributed by atoms with E-state index in [-0.39, 0.29) is 12.5 Å². The number of anilines is 1. The number of carbonyl (C=O) groups is 1. The molecule has 116 valence electrons. The summed E-state index contributed by atoms with van der Waals surface area (Å²) in [7, 11) is 0. The highest BCUT2D eigenvalue weighted by molar-refractivity contribution is 14.1. The van der Waals surface area contributed by atoms with Gasteiger partial charge in [0.05, 0.1) is 13.1 Å². The SMILES string of the molecule is Cc1cccc(OCCNC(=O)CNc2ccc(I)cc2)c1. The molecule has 0 aliphatic rings. The molecule has 4 nitrogen and oxygen atoms in total. The molecule has 2 N–H and O–H groups in total. The third-order valence-electron chi connectivity index (χ3n) is 2.98. The number of aryl methyl sites for hydroxylation is 1. The molecule has 0 saturated heterocycles. The molecule has 2 rings (SSSR count). The molecule has 0 aliphatic carbocycles. The first-order chi connectivity index (χ1) is 10.6. The second-order valence-electron chi connectivity index (χ2n) is 4.88. The van der Waals surface area contributed by atoms with Crippen LogP contribution >= 0.6 is 22.6 Å². The van der Waals surface area contributed by atoms with Gasteiger partial charge >= 0.3 is 0 Å². The van der Waals surface area contributed by atoms with E-state index >= 15 is 0 Å². The van der Waals surface area contributed by atoms with Gasteiger partial charge < -0.3 is 15.4 Å². The molecule has 0 aliphatic heterocycles. The van der Waals surface area contributed by atoms with Gasteiger partial charge in [-0.1, -0.05) is 12.1 Å². The lowest BCUT2D eigenvalue weighted by molar-refractivity contribution is -0.119. The van der Waals surface area contributed by atoms with Crippen LogP contribution in [0.3, 0.4) is 0 Å². The van der Waals surface area contributed by atoms with Gasteiger partial charge in [0.25, 0.3) is 0 Å². The number of halogens is 1. The van der Waals surface area contributed by atoms with Crippen molar-refractivity contribution in [3.8, 4) is 5.75 Å². The lowest BCUT2D eigenvalue weighted by Gasteiger charge is -2.09. The van der Waals surface area contributed by atoms with Gasteiger partial charge in [0, 0.05) is 9.26 Å². The van der Waals surface area contributed by atoms with E-state index in [1.165, 1.54) is 3.57 Å². The minimum Gasteiger partial charge on any atom is -0.492 e. The average molecular weight is 410 g/mol. The van der Waals surface area contributed by atoms with E-state index in [0.717, 1.165) is 17.0 Å². The quantitative estimate of drug-likeness (QED) is 0.545. The van der Waals surface area contributed by atoms with Gasteiger partial charge in [-0.2, -0.15) is 0 Å². The molecule has 2 aromatic carbocycles. The minimum atomic E-state index is -0.0496. The Labute approximate surface area is 144 Å². The number of benzene rings is 2. The Morgan fingerprint density at radius 1 is 1.18 bits per heavy atom. The van der Waals surface area contributed by atoms with Crippen molar-refractivity contribution < 1.29 is 9.53 Å². The zero-order valence-electron chi connectivity index (χ0n) is 12.4. The minimum absolute atomic E-state index is 0.0496. The highest BCUT2D eigenvalue weighted by Crippen LogP contribution is 2.12. The van der Waals surface area contributed by atoms with Crippen molar-refractivity contribution in [3.63, 3.8) is 0 Å². The van der Waals surface area contributed by atoms with E-state index in [4.69, 9.17) is 4.74 Å². The number of hydrogen-bond acceptors (Lipinski definition) is 3. The normalized spacial score (nSPS) is 10.1. The predicted molar refractivity (Wildman–Crippen MR) is 97.3 cm³/mol. The number of nitrogens with one attached hydrogen (secondary N) is 2. The first-order valence-electron chi connectivity index (χ1n) is 7.09. The molecule has 22 heavy (non-hydrogen) atoms. The maximum atomic E-state index is 11.7. The van der Waals surface area contributed by atoms with Crippen LogP contribution < -0.4 is 15.4 Å². The molecule has 2 aromatic rings. The third kappa shape index (κ3) is 5.93. The molecule has 0 radical (unpaired) electrons. The number of amides is 1. The summed E-state index contributed by atoms with van der Waals surface area (Å²) in [6, 6.07) is 15.8. The van der Waals surface area contributed by atoms with Crippen LogP contribution in [0.2, 0.25) is 0 Å². The molecule has 0 heterocycles. The third-order valence-corrected chi connectivity index (χ3v) is 3.70. The van der Waals surface area contributed by atoms with Gasteiger partial charge in [-0.15, -0.1) is 0 Å². The Bertz CT molecular complexity index is 614. The lowest BCUT2D eigenvalue weighted by atomic mass is 10.2. The summed E-state index contributed by atoms with van der Waals surface area (Å²) in [5.41, 5.74) is 2.09. The molecule has 0 unspecified atom stereocenters. The predicted octanol–water partition coefficient (Wildman–Crippen LogP) is 3.21. The fourth-order valence-corrected chi connectivity index (χ4v) is 2.24. The second kappa shape index (κ2) is 8.63. The van der Waals surface area contributed by atoms with Crippen molar-refractivity contribution in [2.45, 2.75) is 6.92 Å². The topological polar surface area (TPSA) is 50.4 Å². The van der Waals surface area contributed by atoms with E-state index in [9.17, 15) is 4.79 Å². The number of carbonyl (C=O) groups excluding carboxylic acids is 1. The van der Waals surface area contributed by atoms with Crippen molar-refractivity contribution in [1.82, 2.24) is 5.32 Å². The first kappa shape index (κ1) is 16.6. The molecule has 1 amide bonds. The monoisotopic (exact) mass is 410 g/mol. The number of rotatable bonds is 7. The van der Waals surface area contributed by atoms with E-state index in [2.05, 4.69) is 33.2 Å². The van der Waals surface area contributed by atoms with Gasteiger partial charge in [0.2, 0.25) is 5.91 Å². The average Bonchev–Trinajstić information content (AvgIpc) is 2.51. The van der Waals surface area contributed by atoms with Crippen LogP contribution in [0.5, 0.6) is 5.75 Å². The van der Waals surface area contributed by atoms with E-state index in [1.54, 1.807) is 0 Å². The standard InChI is InChI=1S/C17H19IN2O2/c1-13-3-2-4-16(11-13)22-10-9-19-17(21)12-20-15-7-5-14(18)6-8-15/h2-8,11,20H,9-10,12H2,1H3,(H,19,21). The van der Waals surface area contributed by atoms with Crippen LogP contribution in [0.25, 0.3) is 0 Å². The van der Waals surface area contributed by atoms with Crippen LogP contribution in [0.15, 0.2) is 48.5 Å². The molecule has 5 heteroatoms. The van der Waals surface area contributed by atoms with Gasteiger partial charge in [-0.3, -0.25) is 4.79 Å². The van der Waals surface area contributed by atoms with Gasteiger partial charge in [-0.05, 0) is 71.5 Å². The fourth-order valence-electron chi connectivity index (χ4n) is 1.88. The molecule has 0 fully saturated rings. The molecular formula is C17H19IN2O2. The van der Waals surface area contributed by atoms with E-state index in [0.29, 0.717) is 13.2 Å². The van der Waals surface area contributed by atoms with Crippen LogP contribution in [-0.4, -0.2) is 25.6 Å². The molecular weight excluding hydrogens is 391 g/mol. The first-order valence-corrected chi connectivity index (χ1v) is 8.17. The van der Waals surface area contributed by atoms with Crippen molar-refractivity contribution in [2.75, 3.05) is 25.0 Å². The summed E-state index contributed by atoms with van der Waals surface area (Å²) in [4.78, 5) is 11.7. The van der Waals surface area contributed by atoms with Crippen molar-refractivity contribution in [1.29, 1.82) is 0 Å².